The molecule has 0 unspecified atom stereocenters. The van der Waals surface area contributed by atoms with Crippen molar-refractivity contribution in [3.63, 3.8) is 0 Å². The molecule has 0 atom stereocenters. The van der Waals surface area contributed by atoms with Crippen LogP contribution in [-0.4, -0.2) is 25.3 Å². The lowest BCUT2D eigenvalue weighted by atomic mass is 10.3. The normalized spacial score (nSPS) is 11.0. The average molecular weight is 270 g/mol. The smallest absolute Gasteiger partial charge is 0.186 e. The first-order valence-corrected chi connectivity index (χ1v) is 5.18. The van der Waals surface area contributed by atoms with Gasteiger partial charge in [0.25, 0.3) is 0 Å². The fourth-order valence-electron chi connectivity index (χ4n) is 0.974. The quantitative estimate of drug-likeness (QED) is 0.478. The lowest BCUT2D eigenvalue weighted by Gasteiger charge is -2.08. The number of aldehydes is 1. The first-order valence-electron chi connectivity index (χ1n) is 4.38. The Labute approximate surface area is 97.5 Å². The zero-order chi connectivity index (χ0) is 11.3. The molecule has 0 amide bonds. The monoisotopic (exact) mass is 269 g/mol. The van der Waals surface area contributed by atoms with Gasteiger partial charge in [0, 0.05) is 24.8 Å². The molecule has 0 fully saturated rings. The Balaban J connectivity index is 2.75. The van der Waals surface area contributed by atoms with Crippen molar-refractivity contribution in [1.82, 2.24) is 4.90 Å². The van der Waals surface area contributed by atoms with Crippen molar-refractivity contribution in [3.8, 4) is 5.75 Å². The Morgan fingerprint density at radius 1 is 1.33 bits per heavy atom. The third-order valence-electron chi connectivity index (χ3n) is 1.55. The van der Waals surface area contributed by atoms with Gasteiger partial charge in [-0.3, -0.25) is 4.79 Å². The molecule has 0 bridgehead atoms. The molecule has 0 aliphatic rings. The van der Waals surface area contributed by atoms with Crippen molar-refractivity contribution in [1.29, 1.82) is 0 Å². The first kappa shape index (κ1) is 11.8. The summed E-state index contributed by atoms with van der Waals surface area (Å²) in [6.45, 7) is 0. The molecular weight excluding hydrogens is 258 g/mol. The van der Waals surface area contributed by atoms with E-state index in [4.69, 9.17) is 4.74 Å². The molecule has 0 N–H and O–H groups in total. The van der Waals surface area contributed by atoms with Gasteiger partial charge < -0.3 is 9.64 Å². The molecule has 1 aromatic rings. The first-order chi connectivity index (χ1) is 7.11. The molecule has 0 heterocycles. The van der Waals surface area contributed by atoms with Crippen molar-refractivity contribution < 1.29 is 9.53 Å². The fraction of sp³-hybridized carbons (Fsp3) is 0.182. The summed E-state index contributed by atoms with van der Waals surface area (Å²) in [6, 6.07) is 7.29. The molecule has 3 nitrogen and oxygen atoms in total. The van der Waals surface area contributed by atoms with Gasteiger partial charge >= 0.3 is 0 Å². The maximum atomic E-state index is 10.7. The number of allylic oxidation sites excluding steroid dienone is 1. The summed E-state index contributed by atoms with van der Waals surface area (Å²) in [4.78, 5) is 12.4. The second-order valence-corrected chi connectivity index (χ2v) is 4.08. The Bertz CT molecular complexity index is 357. The predicted molar refractivity (Wildman–Crippen MR) is 62.6 cm³/mol. The number of benzene rings is 1. The van der Waals surface area contributed by atoms with Crippen molar-refractivity contribution in [2.75, 3.05) is 14.1 Å². The number of hydrogen-bond donors (Lipinski definition) is 0. The summed E-state index contributed by atoms with van der Waals surface area (Å²) >= 11 is 3.32. The van der Waals surface area contributed by atoms with Crippen molar-refractivity contribution in [3.05, 3.63) is 40.7 Å². The summed E-state index contributed by atoms with van der Waals surface area (Å²) in [7, 11) is 3.66. The van der Waals surface area contributed by atoms with E-state index < -0.39 is 0 Å². The molecule has 0 saturated heterocycles. The third kappa shape index (κ3) is 4.16. The van der Waals surface area contributed by atoms with Crippen LogP contribution in [0, 0.1) is 0 Å². The van der Waals surface area contributed by atoms with Gasteiger partial charge in [0.1, 0.15) is 5.75 Å². The van der Waals surface area contributed by atoms with Gasteiger partial charge in [-0.2, -0.15) is 0 Å². The van der Waals surface area contributed by atoms with Gasteiger partial charge in [0.2, 0.25) is 0 Å². The molecule has 1 aromatic carbocycles. The largest absolute Gasteiger partial charge is 0.452 e. The average Bonchev–Trinajstić information content (AvgIpc) is 2.19. The van der Waals surface area contributed by atoms with Crippen molar-refractivity contribution in [2.24, 2.45) is 0 Å². The number of carbonyl (C=O) groups excluding carboxylic acids is 1. The van der Waals surface area contributed by atoms with Crippen LogP contribution in [0.5, 0.6) is 5.75 Å². The number of halogens is 1. The van der Waals surface area contributed by atoms with Crippen LogP contribution < -0.4 is 4.74 Å². The molecule has 0 radical (unpaired) electrons. The number of carbonyl (C=O) groups is 1. The number of nitrogens with zero attached hydrogens (tertiary/aromatic N) is 1. The maximum absolute atomic E-state index is 10.7. The van der Waals surface area contributed by atoms with E-state index in [0.717, 1.165) is 4.47 Å². The topological polar surface area (TPSA) is 29.5 Å². The molecule has 15 heavy (non-hydrogen) atoms. The second-order valence-electron chi connectivity index (χ2n) is 3.17. The zero-order valence-corrected chi connectivity index (χ0v) is 10.2. The molecule has 1 rings (SSSR count). The summed E-state index contributed by atoms with van der Waals surface area (Å²) < 4.78 is 6.33. The van der Waals surface area contributed by atoms with Crippen molar-refractivity contribution >= 4 is 22.2 Å². The Hall–Kier alpha value is -1.29. The maximum Gasteiger partial charge on any atom is 0.186 e. The van der Waals surface area contributed by atoms with E-state index in [1.165, 1.54) is 0 Å². The van der Waals surface area contributed by atoms with E-state index in [1.807, 2.05) is 26.2 Å². The minimum atomic E-state index is 0.280. The van der Waals surface area contributed by atoms with Crippen LogP contribution in [-0.2, 0) is 4.79 Å². The standard InChI is InChI=1S/C11H12BrNO2/c1-13(2)7-11(8-14)15-10-5-3-9(12)4-6-10/h3-8H,1-2H3/b11-7-. The van der Waals surface area contributed by atoms with E-state index in [2.05, 4.69) is 15.9 Å². The summed E-state index contributed by atoms with van der Waals surface area (Å²) in [6.07, 6.45) is 2.30. The summed E-state index contributed by atoms with van der Waals surface area (Å²) in [5, 5.41) is 0. The molecule has 0 aliphatic carbocycles. The zero-order valence-electron chi connectivity index (χ0n) is 8.61. The Morgan fingerprint density at radius 2 is 1.93 bits per heavy atom. The molecule has 80 valence electrons. The van der Waals surface area contributed by atoms with Crippen LogP contribution >= 0.6 is 15.9 Å². The minimum Gasteiger partial charge on any atom is -0.452 e. The molecule has 0 aromatic heterocycles. The van der Waals surface area contributed by atoms with Gasteiger partial charge in [-0.15, -0.1) is 0 Å². The highest BCUT2D eigenvalue weighted by atomic mass is 79.9. The van der Waals surface area contributed by atoms with Crippen LogP contribution in [0.4, 0.5) is 0 Å². The lowest BCUT2D eigenvalue weighted by Crippen LogP contribution is -2.07. The fourth-order valence-corrected chi connectivity index (χ4v) is 1.24. The molecule has 4 heteroatoms. The SMILES string of the molecule is CN(C)/C=C(/C=O)Oc1ccc(Br)cc1. The van der Waals surface area contributed by atoms with Crippen molar-refractivity contribution in [2.45, 2.75) is 0 Å². The summed E-state index contributed by atoms with van der Waals surface area (Å²) in [5.74, 6) is 0.917. The van der Waals surface area contributed by atoms with Gasteiger partial charge in [-0.25, -0.2) is 0 Å². The number of hydrogen-bond acceptors (Lipinski definition) is 3. The van der Waals surface area contributed by atoms with Crippen LogP contribution in [0.1, 0.15) is 0 Å². The third-order valence-corrected chi connectivity index (χ3v) is 2.08. The number of ether oxygens (including phenoxy) is 1. The van der Waals surface area contributed by atoms with Crippen LogP contribution in [0.15, 0.2) is 40.7 Å². The second kappa shape index (κ2) is 5.56. The molecule has 0 aliphatic heterocycles. The van der Waals surface area contributed by atoms with Gasteiger partial charge in [-0.05, 0) is 24.3 Å². The Kier molecular flexibility index (Phi) is 4.37. The summed E-state index contributed by atoms with van der Waals surface area (Å²) in [5.41, 5.74) is 0. The van der Waals surface area contributed by atoms with E-state index in [1.54, 1.807) is 23.2 Å². The minimum absolute atomic E-state index is 0.280. The van der Waals surface area contributed by atoms with Gasteiger partial charge in [0.05, 0.1) is 0 Å². The van der Waals surface area contributed by atoms with Gasteiger partial charge in [0.15, 0.2) is 12.0 Å². The molecular formula is C11H12BrNO2. The molecule has 0 saturated carbocycles. The van der Waals surface area contributed by atoms with E-state index in [-0.39, 0.29) is 5.76 Å². The van der Waals surface area contributed by atoms with E-state index in [0.29, 0.717) is 12.0 Å². The highest BCUT2D eigenvalue weighted by molar-refractivity contribution is 9.10. The molecule has 0 spiro atoms. The Morgan fingerprint density at radius 3 is 2.40 bits per heavy atom. The predicted octanol–water partition coefficient (Wildman–Crippen LogP) is 2.43. The van der Waals surface area contributed by atoms with Crippen LogP contribution in [0.3, 0.4) is 0 Å². The van der Waals surface area contributed by atoms with E-state index in [9.17, 15) is 4.79 Å². The number of rotatable bonds is 4. The highest BCUT2D eigenvalue weighted by Crippen LogP contribution is 2.17. The van der Waals surface area contributed by atoms with E-state index >= 15 is 0 Å². The van der Waals surface area contributed by atoms with Crippen LogP contribution in [0.2, 0.25) is 0 Å². The van der Waals surface area contributed by atoms with Gasteiger partial charge in [-0.1, -0.05) is 15.9 Å². The van der Waals surface area contributed by atoms with Crippen LogP contribution in [0.25, 0.3) is 0 Å². The lowest BCUT2D eigenvalue weighted by molar-refractivity contribution is -0.106. The highest BCUT2D eigenvalue weighted by Gasteiger charge is 1.99.